The number of nitrogens with zero attached hydrogens (tertiary/aromatic N) is 2. The van der Waals surface area contributed by atoms with Crippen molar-refractivity contribution in [3.8, 4) is 5.75 Å². The highest BCUT2D eigenvalue weighted by atomic mass is 16.5. The topological polar surface area (TPSA) is 92.7 Å². The Kier molecular flexibility index (Phi) is 6.87. The highest BCUT2D eigenvalue weighted by molar-refractivity contribution is 5.94. The molecule has 0 spiro atoms. The molecule has 0 radical (unpaired) electrons. The summed E-state index contributed by atoms with van der Waals surface area (Å²) >= 11 is 0. The van der Waals surface area contributed by atoms with E-state index in [0.29, 0.717) is 11.4 Å². The van der Waals surface area contributed by atoms with Crippen LogP contribution < -0.4 is 15.5 Å². The lowest BCUT2D eigenvalue weighted by Gasteiger charge is -2.03. The molecule has 0 aliphatic heterocycles. The molecule has 25 heavy (non-hydrogen) atoms. The molecule has 1 heterocycles. The monoisotopic (exact) mass is 338 g/mol. The smallest absolute Gasteiger partial charge is 0.259 e. The number of methoxy groups -OCH3 is 1. The van der Waals surface area contributed by atoms with Crippen LogP contribution >= 0.6 is 0 Å². The van der Waals surface area contributed by atoms with Gasteiger partial charge in [0.2, 0.25) is 5.91 Å². The van der Waals surface area contributed by atoms with Crippen LogP contribution in [0.5, 0.6) is 5.75 Å². The van der Waals surface area contributed by atoms with Crippen LogP contribution in [0, 0.1) is 0 Å². The molecule has 128 valence electrons. The highest BCUT2D eigenvalue weighted by Gasteiger charge is 2.03. The Bertz CT molecular complexity index is 773. The van der Waals surface area contributed by atoms with E-state index in [2.05, 4.69) is 20.8 Å². The van der Waals surface area contributed by atoms with Crippen molar-refractivity contribution in [2.24, 2.45) is 5.10 Å². The van der Waals surface area contributed by atoms with Gasteiger partial charge in [-0.05, 0) is 24.3 Å². The van der Waals surface area contributed by atoms with Crippen molar-refractivity contribution in [3.63, 3.8) is 0 Å². The molecular formula is C18H18N4O3. The van der Waals surface area contributed by atoms with Gasteiger partial charge in [-0.2, -0.15) is 5.10 Å². The predicted molar refractivity (Wildman–Crippen MR) is 95.0 cm³/mol. The zero-order valence-electron chi connectivity index (χ0n) is 13.7. The third kappa shape index (κ3) is 6.26. The van der Waals surface area contributed by atoms with Crippen LogP contribution in [0.25, 0.3) is 6.08 Å². The number of rotatable bonds is 7. The molecular weight excluding hydrogens is 320 g/mol. The lowest BCUT2D eigenvalue weighted by atomic mass is 10.2. The van der Waals surface area contributed by atoms with Crippen LogP contribution in [0.2, 0.25) is 0 Å². The second-order valence-electron chi connectivity index (χ2n) is 4.84. The van der Waals surface area contributed by atoms with Gasteiger partial charge in [0.15, 0.2) is 0 Å². The molecule has 2 rings (SSSR count). The van der Waals surface area contributed by atoms with Gasteiger partial charge in [0.1, 0.15) is 5.75 Å². The SMILES string of the molecule is COc1ccccc1/C=C\C(=O)NCC(=O)N/N=C/c1ccccn1. The first-order valence-electron chi connectivity index (χ1n) is 7.51. The van der Waals surface area contributed by atoms with E-state index in [1.165, 1.54) is 12.3 Å². The maximum absolute atomic E-state index is 11.7. The minimum atomic E-state index is -0.439. The average Bonchev–Trinajstić information content (AvgIpc) is 2.65. The molecule has 2 aromatic rings. The number of amides is 2. The minimum Gasteiger partial charge on any atom is -0.496 e. The molecule has 0 aliphatic carbocycles. The minimum absolute atomic E-state index is 0.186. The van der Waals surface area contributed by atoms with E-state index >= 15 is 0 Å². The third-order valence-corrected chi connectivity index (χ3v) is 3.05. The van der Waals surface area contributed by atoms with Gasteiger partial charge in [-0.15, -0.1) is 0 Å². The summed E-state index contributed by atoms with van der Waals surface area (Å²) in [6.07, 6.45) is 5.99. The molecule has 1 aromatic heterocycles. The summed E-state index contributed by atoms with van der Waals surface area (Å²) in [5.41, 5.74) is 3.70. The molecule has 2 N–H and O–H groups in total. The maximum Gasteiger partial charge on any atom is 0.259 e. The van der Waals surface area contributed by atoms with E-state index in [4.69, 9.17) is 4.74 Å². The number of hydrogen-bond donors (Lipinski definition) is 2. The Morgan fingerprint density at radius 1 is 1.20 bits per heavy atom. The largest absolute Gasteiger partial charge is 0.496 e. The van der Waals surface area contributed by atoms with Crippen molar-refractivity contribution in [3.05, 3.63) is 66.0 Å². The van der Waals surface area contributed by atoms with E-state index in [-0.39, 0.29) is 6.54 Å². The van der Waals surface area contributed by atoms with Crippen LogP contribution in [0.1, 0.15) is 11.3 Å². The van der Waals surface area contributed by atoms with Crippen LogP contribution in [-0.2, 0) is 9.59 Å². The summed E-state index contributed by atoms with van der Waals surface area (Å²) in [6.45, 7) is -0.186. The summed E-state index contributed by atoms with van der Waals surface area (Å²) in [5.74, 6) is -0.172. The van der Waals surface area contributed by atoms with Crippen molar-refractivity contribution in [2.45, 2.75) is 0 Å². The number of hydrogen-bond acceptors (Lipinski definition) is 5. The molecule has 0 fully saturated rings. The molecule has 0 unspecified atom stereocenters. The first-order valence-corrected chi connectivity index (χ1v) is 7.51. The zero-order chi connectivity index (χ0) is 17.9. The predicted octanol–water partition coefficient (Wildman–Crippen LogP) is 1.37. The second-order valence-corrected chi connectivity index (χ2v) is 4.84. The Morgan fingerprint density at radius 2 is 2.00 bits per heavy atom. The van der Waals surface area contributed by atoms with Gasteiger partial charge in [-0.3, -0.25) is 14.6 Å². The van der Waals surface area contributed by atoms with Crippen molar-refractivity contribution >= 4 is 24.1 Å². The number of aromatic nitrogens is 1. The summed E-state index contributed by atoms with van der Waals surface area (Å²) < 4.78 is 5.19. The van der Waals surface area contributed by atoms with E-state index in [1.807, 2.05) is 24.3 Å². The number of hydrazone groups is 1. The summed E-state index contributed by atoms with van der Waals surface area (Å²) in [7, 11) is 1.56. The van der Waals surface area contributed by atoms with Crippen molar-refractivity contribution in [1.82, 2.24) is 15.7 Å². The zero-order valence-corrected chi connectivity index (χ0v) is 13.7. The number of pyridine rings is 1. The molecule has 7 heteroatoms. The van der Waals surface area contributed by atoms with Gasteiger partial charge in [0.05, 0.1) is 25.6 Å². The Labute approximate surface area is 145 Å². The number of carbonyl (C=O) groups is 2. The van der Waals surface area contributed by atoms with E-state index in [1.54, 1.807) is 37.6 Å². The number of para-hydroxylation sites is 1. The van der Waals surface area contributed by atoms with Gasteiger partial charge in [0, 0.05) is 17.8 Å². The Hall–Kier alpha value is -3.48. The maximum atomic E-state index is 11.7. The average molecular weight is 338 g/mol. The van der Waals surface area contributed by atoms with E-state index in [9.17, 15) is 9.59 Å². The molecule has 0 saturated heterocycles. The van der Waals surface area contributed by atoms with Crippen molar-refractivity contribution in [2.75, 3.05) is 13.7 Å². The Morgan fingerprint density at radius 3 is 2.76 bits per heavy atom. The molecule has 0 saturated carbocycles. The van der Waals surface area contributed by atoms with Gasteiger partial charge < -0.3 is 10.1 Å². The normalized spacial score (nSPS) is 10.8. The van der Waals surface area contributed by atoms with Gasteiger partial charge in [0.25, 0.3) is 5.91 Å². The highest BCUT2D eigenvalue weighted by Crippen LogP contribution is 2.18. The molecule has 2 amide bonds. The number of ether oxygens (including phenoxy) is 1. The number of benzene rings is 1. The summed E-state index contributed by atoms with van der Waals surface area (Å²) in [5, 5.41) is 6.23. The van der Waals surface area contributed by atoms with E-state index < -0.39 is 11.8 Å². The van der Waals surface area contributed by atoms with E-state index in [0.717, 1.165) is 5.56 Å². The molecule has 0 bridgehead atoms. The van der Waals surface area contributed by atoms with Gasteiger partial charge >= 0.3 is 0 Å². The molecule has 0 aliphatic rings. The van der Waals surface area contributed by atoms with Crippen molar-refractivity contribution < 1.29 is 14.3 Å². The van der Waals surface area contributed by atoms with Crippen LogP contribution in [0.15, 0.2) is 59.8 Å². The molecule has 1 aromatic carbocycles. The number of carbonyl (C=O) groups excluding carboxylic acids is 2. The van der Waals surface area contributed by atoms with Crippen LogP contribution in [0.3, 0.4) is 0 Å². The second kappa shape index (κ2) is 9.61. The van der Waals surface area contributed by atoms with Gasteiger partial charge in [-0.25, -0.2) is 5.43 Å². The first-order chi connectivity index (χ1) is 12.2. The lowest BCUT2D eigenvalue weighted by Crippen LogP contribution is -2.34. The number of nitrogens with one attached hydrogen (secondary N) is 2. The third-order valence-electron chi connectivity index (χ3n) is 3.05. The van der Waals surface area contributed by atoms with Gasteiger partial charge in [-0.1, -0.05) is 24.3 Å². The lowest BCUT2D eigenvalue weighted by molar-refractivity contribution is -0.123. The standard InChI is InChI=1S/C18H18N4O3/c1-25-16-8-3-2-6-14(16)9-10-17(23)20-13-18(24)22-21-12-15-7-4-5-11-19-15/h2-12H,13H2,1H3,(H,20,23)(H,22,24)/b10-9-,21-12+. The Balaban J connectivity index is 1.76. The summed E-state index contributed by atoms with van der Waals surface area (Å²) in [4.78, 5) is 27.4. The fourth-order valence-electron chi connectivity index (χ4n) is 1.86. The van der Waals surface area contributed by atoms with Crippen molar-refractivity contribution in [1.29, 1.82) is 0 Å². The molecule has 0 atom stereocenters. The quantitative estimate of drug-likeness (QED) is 0.453. The van der Waals surface area contributed by atoms with Crippen LogP contribution in [0.4, 0.5) is 0 Å². The fraction of sp³-hybridized carbons (Fsp3) is 0.111. The summed E-state index contributed by atoms with van der Waals surface area (Å²) in [6, 6.07) is 12.6. The fourth-order valence-corrected chi connectivity index (χ4v) is 1.86. The first kappa shape index (κ1) is 17.9. The van der Waals surface area contributed by atoms with Crippen LogP contribution in [-0.4, -0.2) is 36.7 Å². The molecule has 7 nitrogen and oxygen atoms in total.